The van der Waals surface area contributed by atoms with Crippen LogP contribution in [0.15, 0.2) is 0 Å². The van der Waals surface area contributed by atoms with Crippen LogP contribution < -0.4 is 0 Å². The monoisotopic (exact) mass is 344 g/mol. The first-order valence-corrected chi connectivity index (χ1v) is 9.22. The molecule has 0 N–H and O–H groups in total. The van der Waals surface area contributed by atoms with E-state index in [9.17, 15) is 13.6 Å². The Bertz CT molecular complexity index is 492. The number of amides is 1. The van der Waals surface area contributed by atoms with E-state index in [4.69, 9.17) is 4.74 Å². The quantitative estimate of drug-likeness (QED) is 0.723. The fourth-order valence-electron chi connectivity index (χ4n) is 4.26. The van der Waals surface area contributed by atoms with E-state index in [2.05, 4.69) is 4.90 Å². The molecule has 4 nitrogen and oxygen atoms in total. The molecule has 0 aromatic carbocycles. The van der Waals surface area contributed by atoms with E-state index < -0.39 is 16.9 Å². The van der Waals surface area contributed by atoms with Crippen molar-refractivity contribution in [2.75, 3.05) is 26.2 Å². The number of nitrogens with zero attached hydrogens (tertiary/aromatic N) is 2. The van der Waals surface area contributed by atoms with Crippen LogP contribution in [0.25, 0.3) is 0 Å². The van der Waals surface area contributed by atoms with Gasteiger partial charge in [-0.3, -0.25) is 4.90 Å². The number of alkyl halides is 2. The molecule has 1 amide bonds. The van der Waals surface area contributed by atoms with E-state index in [-0.39, 0.29) is 12.5 Å². The number of carbonyl (C=O) groups is 1. The van der Waals surface area contributed by atoms with E-state index in [1.807, 2.05) is 20.8 Å². The molecular weight excluding hydrogens is 314 g/mol. The molecule has 1 saturated carbocycles. The standard InChI is InChI=1S/C18H30F2N2O2/c1-16(2,3)24-15(23)21-9-4-6-14(7-11-21)22-10-5-8-17(13-22)12-18(17,19)20/h14H,4-13H2,1-3H3. The van der Waals surface area contributed by atoms with Gasteiger partial charge in [0.25, 0.3) is 5.92 Å². The highest BCUT2D eigenvalue weighted by Crippen LogP contribution is 2.64. The van der Waals surface area contributed by atoms with Gasteiger partial charge in [-0.1, -0.05) is 0 Å². The molecule has 1 spiro atoms. The third kappa shape index (κ3) is 3.68. The fraction of sp³-hybridized carbons (Fsp3) is 0.944. The van der Waals surface area contributed by atoms with Crippen LogP contribution in [0.3, 0.4) is 0 Å². The van der Waals surface area contributed by atoms with Gasteiger partial charge in [0.2, 0.25) is 0 Å². The largest absolute Gasteiger partial charge is 0.444 e. The Hall–Kier alpha value is -0.910. The van der Waals surface area contributed by atoms with Crippen LogP contribution in [0, 0.1) is 5.41 Å². The number of rotatable bonds is 1. The topological polar surface area (TPSA) is 32.8 Å². The zero-order chi connectivity index (χ0) is 17.6. The van der Waals surface area contributed by atoms with Gasteiger partial charge in [-0.25, -0.2) is 13.6 Å². The summed E-state index contributed by atoms with van der Waals surface area (Å²) in [5, 5.41) is 0. The normalized spacial score (nSPS) is 34.0. The van der Waals surface area contributed by atoms with Crippen LogP contribution in [-0.2, 0) is 4.74 Å². The highest BCUT2D eigenvalue weighted by molar-refractivity contribution is 5.68. The molecule has 2 atom stereocenters. The average Bonchev–Trinajstić information content (AvgIpc) is 3.07. The van der Waals surface area contributed by atoms with Crippen LogP contribution in [0.4, 0.5) is 13.6 Å². The lowest BCUT2D eigenvalue weighted by Crippen LogP contribution is -2.45. The number of ether oxygens (including phenoxy) is 1. The van der Waals surface area contributed by atoms with Gasteiger partial charge in [-0.05, 0) is 59.4 Å². The molecule has 3 fully saturated rings. The zero-order valence-corrected chi connectivity index (χ0v) is 15.1. The molecule has 138 valence electrons. The summed E-state index contributed by atoms with van der Waals surface area (Å²) in [6.07, 6.45) is 4.06. The summed E-state index contributed by atoms with van der Waals surface area (Å²) in [4.78, 5) is 16.3. The molecule has 0 bridgehead atoms. The van der Waals surface area contributed by atoms with Crippen LogP contribution in [-0.4, -0.2) is 59.6 Å². The second kappa shape index (κ2) is 6.11. The molecule has 6 heteroatoms. The third-order valence-electron chi connectivity index (χ3n) is 5.68. The van der Waals surface area contributed by atoms with Crippen molar-refractivity contribution in [2.24, 2.45) is 5.41 Å². The predicted octanol–water partition coefficient (Wildman–Crippen LogP) is 3.90. The summed E-state index contributed by atoms with van der Waals surface area (Å²) in [5.74, 6) is -2.46. The molecule has 1 aliphatic carbocycles. The van der Waals surface area contributed by atoms with Crippen molar-refractivity contribution in [3.05, 3.63) is 0 Å². The summed E-state index contributed by atoms with van der Waals surface area (Å²) in [5.41, 5.74) is -1.23. The van der Waals surface area contributed by atoms with E-state index >= 15 is 0 Å². The van der Waals surface area contributed by atoms with Gasteiger partial charge in [-0.2, -0.15) is 0 Å². The SMILES string of the molecule is CC(C)(C)OC(=O)N1CCCC(N2CCCC3(C2)CC3(F)F)CC1. The fourth-order valence-corrected chi connectivity index (χ4v) is 4.26. The van der Waals surface area contributed by atoms with Crippen LogP contribution in [0.1, 0.15) is 59.3 Å². The van der Waals surface area contributed by atoms with Crippen molar-refractivity contribution in [3.8, 4) is 0 Å². The highest BCUT2D eigenvalue weighted by Gasteiger charge is 2.71. The molecule has 0 aromatic heterocycles. The minimum absolute atomic E-state index is 0.0628. The van der Waals surface area contributed by atoms with Gasteiger partial charge < -0.3 is 9.64 Å². The van der Waals surface area contributed by atoms with Crippen molar-refractivity contribution in [2.45, 2.75) is 76.9 Å². The Balaban J connectivity index is 1.55. The minimum atomic E-state index is -2.46. The van der Waals surface area contributed by atoms with Crippen molar-refractivity contribution in [1.82, 2.24) is 9.80 Å². The number of hydrogen-bond donors (Lipinski definition) is 0. The Morgan fingerprint density at radius 3 is 2.46 bits per heavy atom. The number of halogens is 2. The minimum Gasteiger partial charge on any atom is -0.444 e. The van der Waals surface area contributed by atoms with Gasteiger partial charge in [0.15, 0.2) is 0 Å². The summed E-state index contributed by atoms with van der Waals surface area (Å²) in [6.45, 7) is 8.39. The smallest absolute Gasteiger partial charge is 0.410 e. The van der Waals surface area contributed by atoms with Gasteiger partial charge in [0.05, 0.1) is 5.41 Å². The molecule has 2 saturated heterocycles. The maximum Gasteiger partial charge on any atom is 0.410 e. The Kier molecular flexibility index (Phi) is 4.56. The van der Waals surface area contributed by atoms with Gasteiger partial charge >= 0.3 is 6.09 Å². The maximum atomic E-state index is 13.7. The summed E-state index contributed by atoms with van der Waals surface area (Å²) >= 11 is 0. The highest BCUT2D eigenvalue weighted by atomic mass is 19.3. The second-order valence-electron chi connectivity index (χ2n) is 8.79. The molecule has 0 radical (unpaired) electrons. The number of likely N-dealkylation sites (tertiary alicyclic amines) is 2. The summed E-state index contributed by atoms with van der Waals surface area (Å²) in [6, 6.07) is 0.311. The van der Waals surface area contributed by atoms with Crippen LogP contribution in [0.2, 0.25) is 0 Å². The Morgan fingerprint density at radius 1 is 1.12 bits per heavy atom. The molecule has 3 rings (SSSR count). The van der Waals surface area contributed by atoms with Crippen LogP contribution in [0.5, 0.6) is 0 Å². The lowest BCUT2D eigenvalue weighted by molar-refractivity contribution is 0.00979. The molecular formula is C18H30F2N2O2. The first-order chi connectivity index (χ1) is 11.1. The van der Waals surface area contributed by atoms with E-state index in [0.29, 0.717) is 32.1 Å². The van der Waals surface area contributed by atoms with Crippen molar-refractivity contribution < 1.29 is 18.3 Å². The number of piperidine rings is 1. The Labute approximate surface area is 143 Å². The molecule has 2 aliphatic heterocycles. The maximum absolute atomic E-state index is 13.7. The lowest BCUT2D eigenvalue weighted by atomic mass is 9.92. The van der Waals surface area contributed by atoms with E-state index in [0.717, 1.165) is 32.2 Å². The summed E-state index contributed by atoms with van der Waals surface area (Å²) < 4.78 is 32.9. The van der Waals surface area contributed by atoms with E-state index in [1.165, 1.54) is 0 Å². The zero-order valence-electron chi connectivity index (χ0n) is 15.1. The molecule has 3 aliphatic rings. The lowest BCUT2D eigenvalue weighted by Gasteiger charge is -2.38. The first kappa shape index (κ1) is 17.9. The Morgan fingerprint density at radius 2 is 1.83 bits per heavy atom. The first-order valence-electron chi connectivity index (χ1n) is 9.22. The predicted molar refractivity (Wildman–Crippen MR) is 88.3 cm³/mol. The second-order valence-corrected chi connectivity index (χ2v) is 8.79. The molecule has 2 heterocycles. The van der Waals surface area contributed by atoms with Crippen molar-refractivity contribution in [1.29, 1.82) is 0 Å². The average molecular weight is 344 g/mol. The molecule has 24 heavy (non-hydrogen) atoms. The van der Waals surface area contributed by atoms with Crippen molar-refractivity contribution in [3.63, 3.8) is 0 Å². The van der Waals surface area contributed by atoms with Crippen LogP contribution >= 0.6 is 0 Å². The number of hydrogen-bond acceptors (Lipinski definition) is 3. The third-order valence-corrected chi connectivity index (χ3v) is 5.68. The van der Waals surface area contributed by atoms with Gasteiger partial charge in [0.1, 0.15) is 5.60 Å². The van der Waals surface area contributed by atoms with E-state index in [1.54, 1.807) is 4.90 Å². The number of carbonyl (C=O) groups excluding carboxylic acids is 1. The van der Waals surface area contributed by atoms with Gasteiger partial charge in [0, 0.05) is 32.1 Å². The summed E-state index contributed by atoms with van der Waals surface area (Å²) in [7, 11) is 0. The molecule has 2 unspecified atom stereocenters. The van der Waals surface area contributed by atoms with Crippen molar-refractivity contribution >= 4 is 6.09 Å². The molecule has 0 aromatic rings. The van der Waals surface area contributed by atoms with Gasteiger partial charge in [-0.15, -0.1) is 0 Å².